The first-order chi connectivity index (χ1) is 7.40. The van der Waals surface area contributed by atoms with Gasteiger partial charge in [-0.1, -0.05) is 6.04 Å². The Labute approximate surface area is 83.8 Å². The van der Waals surface area contributed by atoms with E-state index in [0.29, 0.717) is 0 Å². The second-order valence-corrected chi connectivity index (χ2v) is 1.75. The Kier molecular flexibility index (Phi) is 2.20. The number of rotatable bonds is 2. The number of amides is 1. The molecule has 0 bridgehead atoms. The summed E-state index contributed by atoms with van der Waals surface area (Å²) in [4.78, 5) is 11.0. The third-order valence-electron chi connectivity index (χ3n) is 0.969. The minimum Gasteiger partial charge on any atom is -1.00 e. The van der Waals surface area contributed by atoms with Gasteiger partial charge in [-0.15, -0.1) is 0 Å². The van der Waals surface area contributed by atoms with E-state index < -0.39 is 42.9 Å². The highest BCUT2D eigenvalue weighted by atomic mass is 35.5. The third kappa shape index (κ3) is 3.32. The lowest BCUT2D eigenvalue weighted by Gasteiger charge is -1.93. The van der Waals surface area contributed by atoms with Gasteiger partial charge in [-0.3, -0.25) is 10.2 Å². The van der Waals surface area contributed by atoms with Crippen molar-refractivity contribution in [2.75, 3.05) is 0 Å². The number of nitrogens with one attached hydrogen (secondary N) is 1. The molecule has 0 atom stereocenters. The number of hydrogen-bond donors (Lipinski definition) is 2. The van der Waals surface area contributed by atoms with Crippen LogP contribution in [-0.2, 0) is 11.3 Å². The number of hydrazine groups is 1. The fourth-order valence-electron chi connectivity index (χ4n) is 0.518. The monoisotopic (exact) mass is 192 g/mol. The molecule has 1 heterocycles. The predicted molar refractivity (Wildman–Crippen MR) is 39.0 cm³/mol. The maximum Gasteiger partial charge on any atom is 0.299 e. The maximum absolute atomic E-state index is 11.0. The van der Waals surface area contributed by atoms with Crippen molar-refractivity contribution in [3.8, 4) is 0 Å². The van der Waals surface area contributed by atoms with Crippen molar-refractivity contribution in [1.82, 2.24) is 5.43 Å². The van der Waals surface area contributed by atoms with Crippen LogP contribution in [0.25, 0.3) is 0 Å². The minimum atomic E-state index is -0.650. The van der Waals surface area contributed by atoms with Gasteiger partial charge in [0.15, 0.2) is 12.3 Å². The van der Waals surface area contributed by atoms with Gasteiger partial charge in [0.1, 0.15) is 2.74 Å². The van der Waals surface area contributed by atoms with Crippen LogP contribution in [-0.4, -0.2) is 5.91 Å². The number of carbonyl (C=O) groups is 1. The minimum absolute atomic E-state index is 0. The standard InChI is InChI=1S/C7H9N3O.ClH/c8-9-7(11)6-10-4-2-1-3-5-10;/h1-5H,6,8H2;1H/i1D,2D,3D,4D,5D;. The first kappa shape index (κ1) is 4.79. The average Bonchev–Trinajstić information content (AvgIpc) is 2.29. The van der Waals surface area contributed by atoms with Crippen molar-refractivity contribution in [2.24, 2.45) is 5.84 Å². The molecule has 1 aromatic heterocycles. The maximum atomic E-state index is 11.0. The van der Waals surface area contributed by atoms with E-state index in [1.54, 1.807) is 0 Å². The van der Waals surface area contributed by atoms with Crippen molar-refractivity contribution >= 4 is 5.91 Å². The molecule has 1 rings (SSSR count). The lowest BCUT2D eigenvalue weighted by Crippen LogP contribution is -3.00. The molecule has 0 aromatic carbocycles. The number of pyridine rings is 1. The summed E-state index contributed by atoms with van der Waals surface area (Å²) in [5.41, 5.74) is 1.83. The van der Waals surface area contributed by atoms with E-state index in [0.717, 1.165) is 4.57 Å². The van der Waals surface area contributed by atoms with Gasteiger partial charge in [0.2, 0.25) is 6.54 Å². The zero-order chi connectivity index (χ0) is 12.5. The summed E-state index contributed by atoms with van der Waals surface area (Å²) in [5, 5.41) is 0. The smallest absolute Gasteiger partial charge is 0.299 e. The van der Waals surface area contributed by atoms with Crippen molar-refractivity contribution in [1.29, 1.82) is 0 Å². The Hall–Kier alpha value is -1.13. The summed E-state index contributed by atoms with van der Waals surface area (Å²) in [6.07, 6.45) is -0.927. The van der Waals surface area contributed by atoms with E-state index in [1.165, 1.54) is 0 Å². The number of hydrogen-bond acceptors (Lipinski definition) is 2. The molecule has 1 aromatic rings. The zero-order valence-electron chi connectivity index (χ0n) is 11.0. The van der Waals surface area contributed by atoms with Crippen LogP contribution in [0.4, 0.5) is 0 Å². The Morgan fingerprint density at radius 2 is 2.08 bits per heavy atom. The molecular formula is C7H10ClN3O. The molecule has 3 N–H and O–H groups in total. The Balaban J connectivity index is 0.00000256. The molecule has 4 nitrogen and oxygen atoms in total. The summed E-state index contributed by atoms with van der Waals surface area (Å²) >= 11 is 0. The highest BCUT2D eigenvalue weighted by molar-refractivity contribution is 5.73. The molecule has 0 radical (unpaired) electrons. The predicted octanol–water partition coefficient (Wildman–Crippen LogP) is -4.03. The third-order valence-corrected chi connectivity index (χ3v) is 0.969. The van der Waals surface area contributed by atoms with Crippen molar-refractivity contribution < 1.29 is 28.6 Å². The van der Waals surface area contributed by atoms with Crippen LogP contribution in [0.5, 0.6) is 0 Å². The molecule has 0 aliphatic heterocycles. The molecular weight excluding hydrogens is 178 g/mol. The van der Waals surface area contributed by atoms with Gasteiger partial charge in [0, 0.05) is 12.1 Å². The fraction of sp³-hybridized carbons (Fsp3) is 0.143. The Morgan fingerprint density at radius 1 is 1.50 bits per heavy atom. The van der Waals surface area contributed by atoms with E-state index in [-0.39, 0.29) is 12.4 Å². The Bertz CT molecular complexity index is 427. The number of nitrogens with two attached hydrogens (primary N) is 1. The molecule has 0 unspecified atom stereocenters. The molecule has 0 spiro atoms. The molecule has 1 amide bonds. The first-order valence-electron chi connectivity index (χ1n) is 5.36. The molecule has 66 valence electrons. The Morgan fingerprint density at radius 3 is 2.58 bits per heavy atom. The normalized spacial score (nSPS) is 14.2. The average molecular weight is 193 g/mol. The van der Waals surface area contributed by atoms with Gasteiger partial charge in [0.25, 0.3) is 5.91 Å². The van der Waals surface area contributed by atoms with Crippen LogP contribution in [0.2, 0.25) is 0 Å². The lowest BCUT2D eigenvalue weighted by atomic mass is 10.4. The topological polar surface area (TPSA) is 59.0 Å². The number of carbonyl (C=O) groups excluding carboxylic acids is 1. The van der Waals surface area contributed by atoms with Crippen molar-refractivity contribution in [3.05, 3.63) is 30.5 Å². The van der Waals surface area contributed by atoms with Crippen molar-refractivity contribution in [2.45, 2.75) is 6.54 Å². The quantitative estimate of drug-likeness (QED) is 0.217. The van der Waals surface area contributed by atoms with Crippen LogP contribution >= 0.6 is 0 Å². The second kappa shape index (κ2) is 5.51. The van der Waals surface area contributed by atoms with Crippen LogP contribution < -0.4 is 28.2 Å². The number of halogens is 1. The summed E-state index contributed by atoms with van der Waals surface area (Å²) in [5.74, 6) is 4.21. The van der Waals surface area contributed by atoms with E-state index >= 15 is 0 Å². The van der Waals surface area contributed by atoms with E-state index in [1.807, 2.05) is 5.43 Å². The fourth-order valence-corrected chi connectivity index (χ4v) is 0.518. The van der Waals surface area contributed by atoms with E-state index in [9.17, 15) is 4.79 Å². The van der Waals surface area contributed by atoms with E-state index in [4.69, 9.17) is 12.7 Å². The summed E-state index contributed by atoms with van der Waals surface area (Å²) in [7, 11) is 0. The van der Waals surface area contributed by atoms with Crippen LogP contribution in [0, 0.1) is 0 Å². The molecule has 0 saturated carbocycles. The number of aromatic nitrogens is 1. The summed E-state index contributed by atoms with van der Waals surface area (Å²) < 4.78 is 37.8. The van der Waals surface area contributed by atoms with Crippen LogP contribution in [0.3, 0.4) is 0 Å². The molecule has 0 aliphatic carbocycles. The number of nitrogens with zero attached hydrogens (tertiary/aromatic N) is 1. The van der Waals surface area contributed by atoms with Crippen LogP contribution in [0.15, 0.2) is 30.5 Å². The molecule has 0 fully saturated rings. The van der Waals surface area contributed by atoms with Gasteiger partial charge in [-0.05, 0) is 0 Å². The van der Waals surface area contributed by atoms with Gasteiger partial charge >= 0.3 is 0 Å². The SMILES string of the molecule is [2H]c1c([2H])c([2H])[n+](CC(=O)NN)c([2H])c1[2H].[Cl-]. The first-order valence-corrected chi connectivity index (χ1v) is 2.86. The van der Waals surface area contributed by atoms with Crippen LogP contribution in [0.1, 0.15) is 6.85 Å². The van der Waals surface area contributed by atoms with E-state index in [2.05, 4.69) is 0 Å². The van der Waals surface area contributed by atoms with Gasteiger partial charge in [0.05, 0.1) is 4.11 Å². The summed E-state index contributed by atoms with van der Waals surface area (Å²) in [6, 6.07) is -1.49. The molecule has 12 heavy (non-hydrogen) atoms. The van der Waals surface area contributed by atoms with Gasteiger partial charge in [-0.2, -0.15) is 4.57 Å². The highest BCUT2D eigenvalue weighted by Gasteiger charge is 2.04. The molecule has 5 heteroatoms. The van der Waals surface area contributed by atoms with Gasteiger partial charge in [-0.25, -0.2) is 5.84 Å². The molecule has 0 saturated heterocycles. The van der Waals surface area contributed by atoms with Gasteiger partial charge < -0.3 is 12.4 Å². The second-order valence-electron chi connectivity index (χ2n) is 1.75. The highest BCUT2D eigenvalue weighted by Crippen LogP contribution is 1.75. The lowest BCUT2D eigenvalue weighted by molar-refractivity contribution is -0.684. The largest absolute Gasteiger partial charge is 1.00 e. The molecule has 0 aliphatic rings. The van der Waals surface area contributed by atoms with Crippen molar-refractivity contribution in [3.63, 3.8) is 0 Å². The zero-order valence-corrected chi connectivity index (χ0v) is 6.77. The summed E-state index contributed by atoms with van der Waals surface area (Å²) in [6.45, 7) is -0.424.